The summed E-state index contributed by atoms with van der Waals surface area (Å²) in [6.07, 6.45) is 0. The van der Waals surface area contributed by atoms with Crippen LogP contribution in [0.15, 0.2) is 18.2 Å². The molecule has 0 bridgehead atoms. The third-order valence-electron chi connectivity index (χ3n) is 2.16. The highest BCUT2D eigenvalue weighted by Crippen LogP contribution is 2.29. The van der Waals surface area contributed by atoms with Gasteiger partial charge in [-0.15, -0.1) is 0 Å². The quantitative estimate of drug-likeness (QED) is 0.525. The number of phenols is 1. The Bertz CT molecular complexity index is 566. The molecule has 0 fully saturated rings. The van der Waals surface area contributed by atoms with Gasteiger partial charge in [-0.05, 0) is 12.1 Å². The molecule has 4 N–H and O–H groups in total. The molecule has 8 heteroatoms. The van der Waals surface area contributed by atoms with Gasteiger partial charge in [0.15, 0.2) is 11.6 Å². The first kappa shape index (κ1) is 11.0. The van der Waals surface area contributed by atoms with E-state index in [4.69, 9.17) is 5.73 Å². The van der Waals surface area contributed by atoms with Crippen molar-refractivity contribution >= 4 is 5.69 Å². The third-order valence-corrected chi connectivity index (χ3v) is 2.16. The number of aromatic hydroxyl groups is 1. The summed E-state index contributed by atoms with van der Waals surface area (Å²) in [6, 6.07) is 3.93. The average molecular weight is 235 g/mol. The van der Waals surface area contributed by atoms with Crippen molar-refractivity contribution in [2.45, 2.75) is 6.54 Å². The summed E-state index contributed by atoms with van der Waals surface area (Å²) in [5, 5.41) is 26.4. The fraction of sp³-hybridized carbons (Fsp3) is 0.111. The van der Waals surface area contributed by atoms with Gasteiger partial charge < -0.3 is 10.8 Å². The van der Waals surface area contributed by atoms with Gasteiger partial charge in [0.2, 0.25) is 0 Å². The summed E-state index contributed by atoms with van der Waals surface area (Å²) in [6.45, 7) is 0.202. The molecule has 0 spiro atoms. The number of benzene rings is 1. The lowest BCUT2D eigenvalue weighted by Crippen LogP contribution is -1.97. The molecule has 8 nitrogen and oxygen atoms in total. The second kappa shape index (κ2) is 4.18. The second-order valence-electron chi connectivity index (χ2n) is 3.27. The molecule has 0 saturated heterocycles. The summed E-state index contributed by atoms with van der Waals surface area (Å²) >= 11 is 0. The van der Waals surface area contributed by atoms with E-state index >= 15 is 0 Å². The Hall–Kier alpha value is -2.48. The number of phenolic OH excluding ortho intramolecular Hbond substituents is 1. The molecule has 0 atom stereocenters. The van der Waals surface area contributed by atoms with Gasteiger partial charge in [0.1, 0.15) is 5.82 Å². The summed E-state index contributed by atoms with van der Waals surface area (Å²) in [4.78, 5) is 14.0. The lowest BCUT2D eigenvalue weighted by atomic mass is 10.2. The molecular weight excluding hydrogens is 226 g/mol. The normalized spacial score (nSPS) is 10.4. The molecule has 0 aliphatic rings. The fourth-order valence-electron chi connectivity index (χ4n) is 1.32. The number of hydrogen-bond donors (Lipinski definition) is 3. The first-order valence-corrected chi connectivity index (χ1v) is 4.71. The Labute approximate surface area is 95.3 Å². The molecule has 0 amide bonds. The zero-order valence-electron chi connectivity index (χ0n) is 8.62. The number of nitrogens with two attached hydrogens (primary N) is 1. The van der Waals surface area contributed by atoms with Crippen LogP contribution in [0.1, 0.15) is 5.82 Å². The standard InChI is InChI=1S/C9H9N5O3/c10-4-8-11-9(13-12-8)5-1-2-7(15)6(3-5)14(16)17/h1-3,15H,4,10H2,(H,11,12,13). The average Bonchev–Trinajstić information content (AvgIpc) is 2.78. The van der Waals surface area contributed by atoms with Crippen LogP contribution in [0.3, 0.4) is 0 Å². The van der Waals surface area contributed by atoms with Gasteiger partial charge in [-0.2, -0.15) is 5.10 Å². The summed E-state index contributed by atoms with van der Waals surface area (Å²) in [7, 11) is 0. The highest BCUT2D eigenvalue weighted by atomic mass is 16.6. The van der Waals surface area contributed by atoms with E-state index in [1.165, 1.54) is 18.2 Å². The van der Waals surface area contributed by atoms with Crippen LogP contribution < -0.4 is 5.73 Å². The number of rotatable bonds is 3. The fourth-order valence-corrected chi connectivity index (χ4v) is 1.32. The van der Waals surface area contributed by atoms with Gasteiger partial charge in [-0.1, -0.05) is 0 Å². The van der Waals surface area contributed by atoms with E-state index in [1.54, 1.807) is 0 Å². The minimum Gasteiger partial charge on any atom is -0.502 e. The number of nitrogens with one attached hydrogen (secondary N) is 1. The topological polar surface area (TPSA) is 131 Å². The molecule has 2 aromatic rings. The van der Waals surface area contributed by atoms with E-state index in [9.17, 15) is 15.2 Å². The summed E-state index contributed by atoms with van der Waals surface area (Å²) < 4.78 is 0. The van der Waals surface area contributed by atoms with Crippen molar-refractivity contribution in [3.05, 3.63) is 34.1 Å². The minimum atomic E-state index is -0.671. The zero-order valence-corrected chi connectivity index (χ0v) is 8.62. The van der Waals surface area contributed by atoms with Crippen molar-refractivity contribution < 1.29 is 10.0 Å². The van der Waals surface area contributed by atoms with Crippen molar-refractivity contribution in [3.63, 3.8) is 0 Å². The van der Waals surface area contributed by atoms with Gasteiger partial charge in [-0.3, -0.25) is 15.2 Å². The van der Waals surface area contributed by atoms with E-state index in [1.807, 2.05) is 0 Å². The van der Waals surface area contributed by atoms with Crippen LogP contribution in [0, 0.1) is 10.1 Å². The molecule has 2 rings (SSSR count). The van der Waals surface area contributed by atoms with E-state index in [0.29, 0.717) is 17.2 Å². The maximum atomic E-state index is 10.6. The Morgan fingerprint density at radius 2 is 2.29 bits per heavy atom. The van der Waals surface area contributed by atoms with Crippen LogP contribution in [-0.4, -0.2) is 25.2 Å². The first-order chi connectivity index (χ1) is 8.11. The van der Waals surface area contributed by atoms with Crippen molar-refractivity contribution in [2.24, 2.45) is 5.73 Å². The lowest BCUT2D eigenvalue weighted by Gasteiger charge is -1.98. The lowest BCUT2D eigenvalue weighted by molar-refractivity contribution is -0.385. The molecule has 0 radical (unpaired) electrons. The van der Waals surface area contributed by atoms with Crippen molar-refractivity contribution in [3.8, 4) is 17.1 Å². The highest BCUT2D eigenvalue weighted by Gasteiger charge is 2.16. The Kier molecular flexibility index (Phi) is 2.71. The number of hydrogen-bond acceptors (Lipinski definition) is 6. The molecular formula is C9H9N5O3. The molecule has 1 heterocycles. The van der Waals surface area contributed by atoms with E-state index in [0.717, 1.165) is 0 Å². The first-order valence-electron chi connectivity index (χ1n) is 4.71. The van der Waals surface area contributed by atoms with Crippen molar-refractivity contribution in [1.29, 1.82) is 0 Å². The minimum absolute atomic E-state index is 0.202. The van der Waals surface area contributed by atoms with Crippen LogP contribution in [-0.2, 0) is 6.54 Å². The number of nitro groups is 1. The predicted octanol–water partition coefficient (Wildman–Crippen LogP) is 0.544. The SMILES string of the molecule is NCc1nc(-c2ccc(O)c([N+](=O)[O-])c2)n[nH]1. The van der Waals surface area contributed by atoms with Gasteiger partial charge in [0, 0.05) is 11.6 Å². The number of nitro benzene ring substituents is 1. The van der Waals surface area contributed by atoms with Crippen LogP contribution in [0.2, 0.25) is 0 Å². The van der Waals surface area contributed by atoms with Gasteiger partial charge in [-0.25, -0.2) is 4.98 Å². The molecule has 17 heavy (non-hydrogen) atoms. The van der Waals surface area contributed by atoms with Crippen LogP contribution in [0.5, 0.6) is 5.75 Å². The molecule has 1 aromatic carbocycles. The molecule has 1 aromatic heterocycles. The maximum Gasteiger partial charge on any atom is 0.311 e. The molecule has 0 aliphatic carbocycles. The van der Waals surface area contributed by atoms with E-state index in [-0.39, 0.29) is 12.2 Å². The molecule has 0 saturated carbocycles. The Morgan fingerprint density at radius 1 is 1.53 bits per heavy atom. The molecule has 88 valence electrons. The number of aromatic amines is 1. The van der Waals surface area contributed by atoms with Crippen molar-refractivity contribution in [1.82, 2.24) is 15.2 Å². The van der Waals surface area contributed by atoms with Gasteiger partial charge >= 0.3 is 5.69 Å². The smallest absolute Gasteiger partial charge is 0.311 e. The number of aromatic nitrogens is 3. The highest BCUT2D eigenvalue weighted by molar-refractivity contribution is 5.63. The van der Waals surface area contributed by atoms with Crippen molar-refractivity contribution in [2.75, 3.05) is 0 Å². The number of nitrogens with zero attached hydrogens (tertiary/aromatic N) is 3. The molecule has 0 unspecified atom stereocenters. The molecule has 0 aliphatic heterocycles. The summed E-state index contributed by atoms with van der Waals surface area (Å²) in [5.41, 5.74) is 5.41. The Balaban J connectivity index is 2.46. The zero-order chi connectivity index (χ0) is 12.4. The predicted molar refractivity (Wildman–Crippen MR) is 58.0 cm³/mol. The van der Waals surface area contributed by atoms with E-state index < -0.39 is 10.7 Å². The maximum absolute atomic E-state index is 10.6. The Morgan fingerprint density at radius 3 is 2.88 bits per heavy atom. The second-order valence-corrected chi connectivity index (χ2v) is 3.27. The summed E-state index contributed by atoms with van der Waals surface area (Å²) in [5.74, 6) is 0.387. The van der Waals surface area contributed by atoms with Crippen LogP contribution in [0.4, 0.5) is 5.69 Å². The third kappa shape index (κ3) is 2.06. The monoisotopic (exact) mass is 235 g/mol. The van der Waals surface area contributed by atoms with E-state index in [2.05, 4.69) is 15.2 Å². The van der Waals surface area contributed by atoms with Gasteiger partial charge in [0.25, 0.3) is 0 Å². The largest absolute Gasteiger partial charge is 0.502 e. The van der Waals surface area contributed by atoms with Crippen LogP contribution in [0.25, 0.3) is 11.4 Å². The van der Waals surface area contributed by atoms with Gasteiger partial charge in [0.05, 0.1) is 11.5 Å². The van der Waals surface area contributed by atoms with Crippen LogP contribution >= 0.6 is 0 Å². The number of H-pyrrole nitrogens is 1.